The molecule has 0 spiro atoms. The molecule has 4 aromatic rings. The predicted molar refractivity (Wildman–Crippen MR) is 322 cm³/mol. The average molecular weight is 1270 g/mol. The van der Waals surface area contributed by atoms with Crippen molar-refractivity contribution in [1.82, 2.24) is 46.0 Å². The second kappa shape index (κ2) is 31.4. The molecule has 3 fully saturated rings. The van der Waals surface area contributed by atoms with Crippen molar-refractivity contribution >= 4 is 51.4 Å². The van der Waals surface area contributed by atoms with E-state index < -0.39 is 119 Å². The number of likely N-dealkylation sites (tertiary alicyclic amines) is 1. The van der Waals surface area contributed by atoms with E-state index in [0.29, 0.717) is 93.2 Å². The van der Waals surface area contributed by atoms with Gasteiger partial charge in [0.2, 0.25) is 51.4 Å². The van der Waals surface area contributed by atoms with Crippen LogP contribution >= 0.6 is 0 Å². The van der Waals surface area contributed by atoms with Gasteiger partial charge in [0.1, 0.15) is 54.1 Å². The van der Waals surface area contributed by atoms with Crippen molar-refractivity contribution in [2.75, 3.05) is 71.4 Å². The summed E-state index contributed by atoms with van der Waals surface area (Å²) in [4.78, 5) is 104. The molecule has 0 saturated carbocycles. The Morgan fingerprint density at radius 1 is 0.633 bits per heavy atom. The number of alkyl halides is 3. The van der Waals surface area contributed by atoms with Crippen molar-refractivity contribution in [2.45, 2.75) is 138 Å². The third-order valence-corrected chi connectivity index (χ3v) is 19.0. The number of rotatable bonds is 13. The molecule has 5 aliphatic heterocycles. The summed E-state index contributed by atoms with van der Waals surface area (Å²) in [5.41, 5.74) is 2.95. The highest BCUT2D eigenvalue weighted by Crippen LogP contribution is 2.36. The van der Waals surface area contributed by atoms with Crippen molar-refractivity contribution in [3.63, 3.8) is 0 Å². The number of amides is 7. The van der Waals surface area contributed by atoms with Gasteiger partial charge in [-0.25, -0.2) is 12.8 Å². The lowest BCUT2D eigenvalue weighted by molar-refractivity contribution is -0.141. The summed E-state index contributed by atoms with van der Waals surface area (Å²) >= 11 is 0. The SMILES string of the molecule is O=C1CCc2cccc(c2)OCCCC[C@@H](C(=O)NCc2ccccc2F)NC(=O)[C@H](CC(=O)N2CCC[C@@H]2c2cccc(C3CC[C@@H](C(=O)NCC(F)(F)F)NC(=O)[C@H](CCN4CCOCC4)NC(=O)[C@@H](N4CCCS4(=O)=O)Cc4cccc(c4)OC3)c2)N1. The number of carbonyl (C=O) groups is 7. The number of hydrogen-bond donors (Lipinski definition) is 6. The third kappa shape index (κ3) is 18.9. The monoisotopic (exact) mass is 1270 g/mol. The van der Waals surface area contributed by atoms with Crippen molar-refractivity contribution < 1.29 is 73.8 Å². The summed E-state index contributed by atoms with van der Waals surface area (Å²) in [7, 11) is -3.90. The van der Waals surface area contributed by atoms with E-state index in [1.54, 1.807) is 47.4 Å². The Kier molecular flexibility index (Phi) is 23.3. The van der Waals surface area contributed by atoms with E-state index in [1.165, 1.54) is 18.2 Å². The molecule has 4 bridgehead atoms. The molecule has 9 rings (SSSR count). The lowest BCUT2D eigenvalue weighted by Crippen LogP contribution is -2.58. The highest BCUT2D eigenvalue weighted by Gasteiger charge is 2.41. The Morgan fingerprint density at radius 3 is 2.09 bits per heavy atom. The maximum absolute atomic E-state index is 14.8. The Morgan fingerprint density at radius 2 is 1.33 bits per heavy atom. The van der Waals surface area contributed by atoms with E-state index in [0.717, 1.165) is 9.87 Å². The molecule has 0 aliphatic carbocycles. The van der Waals surface area contributed by atoms with Crippen LogP contribution < -0.4 is 41.4 Å². The molecule has 0 aromatic heterocycles. The first kappa shape index (κ1) is 66.7. The first-order valence-corrected chi connectivity index (χ1v) is 32.5. The maximum atomic E-state index is 14.8. The zero-order valence-corrected chi connectivity index (χ0v) is 50.9. The third-order valence-electron chi connectivity index (χ3n) is 17.0. The number of benzene rings is 4. The van der Waals surface area contributed by atoms with Crippen LogP contribution in [0.4, 0.5) is 17.6 Å². The lowest BCUT2D eigenvalue weighted by atomic mass is 9.90. The van der Waals surface area contributed by atoms with Crippen LogP contribution in [0, 0.1) is 5.82 Å². The number of fused-ring (bicyclic) bond motifs is 4. The van der Waals surface area contributed by atoms with Gasteiger partial charge in [-0.05, 0) is 123 Å². The van der Waals surface area contributed by atoms with Crippen molar-refractivity contribution in [1.29, 1.82) is 0 Å². The molecule has 90 heavy (non-hydrogen) atoms. The second-order valence-electron chi connectivity index (χ2n) is 23.5. The second-order valence-corrected chi connectivity index (χ2v) is 25.6. The number of nitrogens with one attached hydrogen (secondary N) is 6. The molecule has 7 amide bonds. The van der Waals surface area contributed by atoms with Gasteiger partial charge in [-0.3, -0.25) is 38.5 Å². The van der Waals surface area contributed by atoms with Gasteiger partial charge in [0.05, 0.1) is 44.6 Å². The zero-order valence-electron chi connectivity index (χ0n) is 50.1. The van der Waals surface area contributed by atoms with Crippen molar-refractivity contribution in [3.05, 3.63) is 131 Å². The predicted octanol–water partition coefficient (Wildman–Crippen LogP) is 4.63. The van der Waals surface area contributed by atoms with E-state index in [-0.39, 0.29) is 89.0 Å². The van der Waals surface area contributed by atoms with E-state index in [9.17, 15) is 59.5 Å². The highest BCUT2D eigenvalue weighted by molar-refractivity contribution is 7.89. The Labute approximate surface area is 521 Å². The molecule has 5 heterocycles. The smallest absolute Gasteiger partial charge is 0.405 e. The minimum absolute atomic E-state index is 0.000601. The van der Waals surface area contributed by atoms with Gasteiger partial charge in [-0.2, -0.15) is 17.5 Å². The van der Waals surface area contributed by atoms with E-state index in [2.05, 4.69) is 26.6 Å². The normalized spacial score (nSPS) is 24.7. The molecule has 0 radical (unpaired) electrons. The summed E-state index contributed by atoms with van der Waals surface area (Å²) in [6.07, 6.45) is -2.88. The molecular formula is C64H79F4N9O12S. The number of aryl methyl sites for hydroxylation is 1. The summed E-state index contributed by atoms with van der Waals surface area (Å²) in [6, 6.07) is 20.0. The number of ether oxygens (including phenoxy) is 3. The number of halogens is 4. The summed E-state index contributed by atoms with van der Waals surface area (Å²) in [6.45, 7) is 0.878. The van der Waals surface area contributed by atoms with Crippen LogP contribution in [0.2, 0.25) is 0 Å². The summed E-state index contributed by atoms with van der Waals surface area (Å²) in [5.74, 6) is -5.49. The molecule has 3 saturated heterocycles. The quantitative estimate of drug-likeness (QED) is 0.0999. The van der Waals surface area contributed by atoms with Gasteiger partial charge < -0.3 is 51.0 Å². The van der Waals surface area contributed by atoms with Gasteiger partial charge in [0.25, 0.3) is 0 Å². The van der Waals surface area contributed by atoms with Gasteiger partial charge in [-0.15, -0.1) is 0 Å². The number of sulfonamides is 1. The fourth-order valence-corrected chi connectivity index (χ4v) is 13.8. The van der Waals surface area contributed by atoms with Crippen molar-refractivity contribution in [2.24, 2.45) is 0 Å². The van der Waals surface area contributed by atoms with Gasteiger partial charge in [0.15, 0.2) is 0 Å². The number of nitrogens with zero attached hydrogens (tertiary/aromatic N) is 3. The first-order valence-electron chi connectivity index (χ1n) is 30.9. The maximum Gasteiger partial charge on any atom is 0.405 e. The minimum Gasteiger partial charge on any atom is -0.494 e. The summed E-state index contributed by atoms with van der Waals surface area (Å²) in [5, 5.41) is 15.6. The molecular weight excluding hydrogens is 1190 g/mol. The molecule has 1 unspecified atom stereocenters. The van der Waals surface area contributed by atoms with Crippen LogP contribution in [-0.4, -0.2) is 172 Å². The van der Waals surface area contributed by atoms with E-state index >= 15 is 0 Å². The largest absolute Gasteiger partial charge is 0.494 e. The molecule has 4 aromatic carbocycles. The molecule has 26 heteroatoms. The number of carbonyl (C=O) groups excluding carboxylic acids is 7. The van der Waals surface area contributed by atoms with Crippen LogP contribution in [0.5, 0.6) is 11.5 Å². The standard InChI is InChI=1S/C64H79F4N9O12S/c65-50-17-2-1-12-46(50)39-69-59(80)51-18-3-4-30-88-48-15-5-10-42(34-48)20-23-57(78)71-54(62(83)72-51)38-58(79)76-25-8-19-55(76)45-14-7-13-44(37-45)47-21-22-52(60(81)70-41-64(66,67)68)73-61(82)53(24-27-75-28-31-87-32-29-75)74-63(84)56(77-26-9-33-90(77,85)86)36-43-11-6-16-49(35-43)89-40-47/h1-2,5-7,10-17,34-35,37,47,51-56H,3-4,8-9,18-33,36,38-41H2,(H,69,80)(H,70,81)(H,71,78)(H,72,83)(H,73,82)(H,74,84)/t47?,51-,52-,53-,54-,55+,56-/m0/s1. The summed E-state index contributed by atoms with van der Waals surface area (Å²) < 4.78 is 102. The molecule has 6 N–H and O–H groups in total. The van der Waals surface area contributed by atoms with Gasteiger partial charge >= 0.3 is 6.18 Å². The fraction of sp³-hybridized carbons (Fsp3) is 0.516. The average Bonchev–Trinajstić information content (AvgIpc) is 1.89. The Balaban J connectivity index is 0.982. The molecule has 21 nitrogen and oxygen atoms in total. The van der Waals surface area contributed by atoms with Gasteiger partial charge in [-0.1, -0.05) is 66.7 Å². The molecule has 486 valence electrons. The van der Waals surface area contributed by atoms with Crippen molar-refractivity contribution in [3.8, 4) is 11.5 Å². The highest BCUT2D eigenvalue weighted by atomic mass is 32.2. The first-order chi connectivity index (χ1) is 43.2. The fourth-order valence-electron chi connectivity index (χ4n) is 12.1. The zero-order chi connectivity index (χ0) is 63.8. The Hall–Kier alpha value is -7.68. The lowest BCUT2D eigenvalue weighted by Gasteiger charge is -2.31. The van der Waals surface area contributed by atoms with Crippen LogP contribution in [0.1, 0.15) is 110 Å². The van der Waals surface area contributed by atoms with E-state index in [4.69, 9.17) is 14.2 Å². The van der Waals surface area contributed by atoms with Crippen LogP contribution in [0.15, 0.2) is 97.1 Å². The number of morpholine rings is 1. The molecule has 5 aliphatic rings. The van der Waals surface area contributed by atoms with Gasteiger partial charge in [0, 0.05) is 57.2 Å². The topological polar surface area (TPSA) is 263 Å². The molecule has 7 atom stereocenters. The minimum atomic E-state index is -4.80. The van der Waals surface area contributed by atoms with Crippen LogP contribution in [-0.2, 0) is 67.7 Å². The van der Waals surface area contributed by atoms with Crippen LogP contribution in [0.25, 0.3) is 0 Å². The Bertz CT molecular complexity index is 3300. The van der Waals surface area contributed by atoms with E-state index in [1.807, 2.05) is 46.6 Å². The number of hydrogen-bond acceptors (Lipinski definition) is 13. The van der Waals surface area contributed by atoms with Crippen LogP contribution in [0.3, 0.4) is 0 Å².